The molecule has 6 rings (SSSR count). The lowest BCUT2D eigenvalue weighted by Crippen LogP contribution is -2.18. The third-order valence-electron chi connectivity index (χ3n) is 7.17. The maximum atomic E-state index is 13.9. The van der Waals surface area contributed by atoms with Crippen LogP contribution in [0.5, 0.6) is 0 Å². The smallest absolute Gasteiger partial charge is 0.240 e. The minimum atomic E-state index is -3.54. The molecule has 0 bridgehead atoms. The van der Waals surface area contributed by atoms with Crippen LogP contribution in [0.1, 0.15) is 35.6 Å². The molecular weight excluding hydrogens is 477 g/mol. The summed E-state index contributed by atoms with van der Waals surface area (Å²) >= 11 is 0. The van der Waals surface area contributed by atoms with Crippen LogP contribution in [0.2, 0.25) is 0 Å². The average Bonchev–Trinajstić information content (AvgIpc) is 3.50. The van der Waals surface area contributed by atoms with Crippen LogP contribution in [0.15, 0.2) is 70.6 Å². The monoisotopic (exact) mass is 503 g/mol. The number of aromatic nitrogens is 1. The third-order valence-corrected chi connectivity index (χ3v) is 8.60. The summed E-state index contributed by atoms with van der Waals surface area (Å²) in [6.07, 6.45) is 3.65. The molecule has 4 aromatic rings. The summed E-state index contributed by atoms with van der Waals surface area (Å²) in [5, 5.41) is 1.08. The van der Waals surface area contributed by atoms with Crippen molar-refractivity contribution in [3.8, 4) is 16.8 Å². The molecular formula is C28H26FN3O3S. The molecule has 2 aliphatic rings. The molecule has 1 aromatic heterocycles. The Bertz CT molecular complexity index is 1580. The fourth-order valence-electron chi connectivity index (χ4n) is 5.36. The van der Waals surface area contributed by atoms with Gasteiger partial charge in [-0.15, -0.1) is 0 Å². The first-order valence-electron chi connectivity index (χ1n) is 12.0. The van der Waals surface area contributed by atoms with E-state index in [0.717, 1.165) is 57.4 Å². The zero-order valence-corrected chi connectivity index (χ0v) is 20.7. The zero-order valence-electron chi connectivity index (χ0n) is 19.9. The molecule has 0 amide bonds. The number of halogens is 1. The minimum Gasteiger partial charge on any atom is -0.381 e. The molecule has 6 nitrogen and oxygen atoms in total. The summed E-state index contributed by atoms with van der Waals surface area (Å²) in [7, 11) is -2.14. The molecule has 36 heavy (non-hydrogen) atoms. The van der Waals surface area contributed by atoms with Gasteiger partial charge in [0.2, 0.25) is 10.0 Å². The molecule has 0 unspecified atom stereocenters. The van der Waals surface area contributed by atoms with E-state index in [0.29, 0.717) is 19.8 Å². The van der Waals surface area contributed by atoms with E-state index in [2.05, 4.69) is 26.4 Å². The highest BCUT2D eigenvalue weighted by atomic mass is 32.2. The molecule has 1 fully saturated rings. The van der Waals surface area contributed by atoms with Crippen molar-refractivity contribution in [3.05, 3.63) is 83.3 Å². The normalized spacial score (nSPS) is 16.1. The number of hydrogen-bond donors (Lipinski definition) is 1. The molecule has 1 N–H and O–H groups in total. The molecule has 3 heterocycles. The molecule has 0 saturated carbocycles. The maximum absolute atomic E-state index is 13.9. The number of rotatable bonds is 5. The van der Waals surface area contributed by atoms with Crippen LogP contribution >= 0.6 is 0 Å². The Balaban J connectivity index is 1.66. The van der Waals surface area contributed by atoms with E-state index in [1.807, 2.05) is 30.5 Å². The number of benzene rings is 3. The van der Waals surface area contributed by atoms with Crippen molar-refractivity contribution in [1.29, 1.82) is 0 Å². The number of fused-ring (bicyclic) bond motifs is 2. The number of ether oxygens (including phenoxy) is 1. The van der Waals surface area contributed by atoms with E-state index in [1.165, 1.54) is 19.2 Å². The standard InChI is InChI=1S/C28H26FN3O3S/c1-30-36(33,34)24-8-2-18(3-9-24)27-25-14-20-16-31-17-21(20)15-26(25)32(23-6-4-22(29)5-7-23)28(27)19-10-12-35-13-11-19/h2-9,14-15,17,19,30H,10-13,16H2,1H3. The molecule has 0 spiro atoms. The van der Waals surface area contributed by atoms with Gasteiger partial charge >= 0.3 is 0 Å². The van der Waals surface area contributed by atoms with Gasteiger partial charge in [0.1, 0.15) is 5.82 Å². The van der Waals surface area contributed by atoms with Crippen molar-refractivity contribution in [2.75, 3.05) is 20.3 Å². The Labute approximate surface area is 209 Å². The van der Waals surface area contributed by atoms with Crippen LogP contribution in [0.4, 0.5) is 4.39 Å². The molecule has 1 saturated heterocycles. The third kappa shape index (κ3) is 3.86. The van der Waals surface area contributed by atoms with Crippen molar-refractivity contribution < 1.29 is 17.5 Å². The molecule has 0 radical (unpaired) electrons. The molecule has 0 aliphatic carbocycles. The predicted octanol–water partition coefficient (Wildman–Crippen LogP) is 5.17. The van der Waals surface area contributed by atoms with Gasteiger partial charge in [-0.05, 0) is 85.1 Å². The number of aliphatic imine (C=N–C) groups is 1. The van der Waals surface area contributed by atoms with Crippen LogP contribution < -0.4 is 4.72 Å². The number of nitrogens with zero attached hydrogens (tertiary/aromatic N) is 2. The predicted molar refractivity (Wildman–Crippen MR) is 139 cm³/mol. The summed E-state index contributed by atoms with van der Waals surface area (Å²) in [5.41, 5.74) is 7.32. The summed E-state index contributed by atoms with van der Waals surface area (Å²) in [4.78, 5) is 4.68. The Kier molecular flexibility index (Phi) is 5.75. The second kappa shape index (κ2) is 8.96. The van der Waals surface area contributed by atoms with Gasteiger partial charge in [-0.25, -0.2) is 17.5 Å². The van der Waals surface area contributed by atoms with Gasteiger partial charge in [0.05, 0.1) is 17.0 Å². The van der Waals surface area contributed by atoms with Gasteiger partial charge in [-0.2, -0.15) is 0 Å². The Morgan fingerprint density at radius 1 is 1.03 bits per heavy atom. The van der Waals surface area contributed by atoms with Crippen LogP contribution in [-0.4, -0.2) is 39.5 Å². The van der Waals surface area contributed by atoms with Crippen LogP contribution in [0, 0.1) is 5.82 Å². The molecule has 184 valence electrons. The molecule has 3 aromatic carbocycles. The first-order chi connectivity index (χ1) is 17.5. The quantitative estimate of drug-likeness (QED) is 0.408. The number of hydrogen-bond acceptors (Lipinski definition) is 4. The highest BCUT2D eigenvalue weighted by molar-refractivity contribution is 7.89. The van der Waals surface area contributed by atoms with Gasteiger partial charge in [-0.1, -0.05) is 12.1 Å². The first kappa shape index (κ1) is 23.1. The highest BCUT2D eigenvalue weighted by Crippen LogP contribution is 2.44. The second-order valence-corrected chi connectivity index (χ2v) is 11.1. The summed E-state index contributed by atoms with van der Waals surface area (Å²) in [6.45, 7) is 1.99. The maximum Gasteiger partial charge on any atom is 0.240 e. The minimum absolute atomic E-state index is 0.220. The van der Waals surface area contributed by atoms with Crippen LogP contribution in [0.3, 0.4) is 0 Å². The average molecular weight is 504 g/mol. The van der Waals surface area contributed by atoms with Crippen molar-refractivity contribution in [3.63, 3.8) is 0 Å². The van der Waals surface area contributed by atoms with Gasteiger partial charge in [0.15, 0.2) is 0 Å². The second-order valence-electron chi connectivity index (χ2n) is 9.23. The van der Waals surface area contributed by atoms with E-state index in [4.69, 9.17) is 4.74 Å². The Hall–Kier alpha value is -3.33. The van der Waals surface area contributed by atoms with Crippen molar-refractivity contribution in [2.45, 2.75) is 30.2 Å². The lowest BCUT2D eigenvalue weighted by Gasteiger charge is -2.26. The molecule has 0 atom stereocenters. The van der Waals surface area contributed by atoms with Crippen molar-refractivity contribution in [2.24, 2.45) is 4.99 Å². The topological polar surface area (TPSA) is 72.7 Å². The fourth-order valence-corrected chi connectivity index (χ4v) is 6.09. The number of nitrogens with one attached hydrogen (secondary N) is 1. The van der Waals surface area contributed by atoms with Crippen LogP contribution in [-0.2, 0) is 21.3 Å². The lowest BCUT2D eigenvalue weighted by atomic mass is 9.89. The summed E-state index contributed by atoms with van der Waals surface area (Å²) in [5.74, 6) is -0.0483. The summed E-state index contributed by atoms with van der Waals surface area (Å²) in [6, 6.07) is 18.0. The van der Waals surface area contributed by atoms with E-state index >= 15 is 0 Å². The number of sulfonamides is 1. The lowest BCUT2D eigenvalue weighted by molar-refractivity contribution is 0.0843. The van der Waals surface area contributed by atoms with Gasteiger partial charge in [0.25, 0.3) is 0 Å². The molecule has 2 aliphatic heterocycles. The highest BCUT2D eigenvalue weighted by Gasteiger charge is 2.29. The van der Waals surface area contributed by atoms with E-state index in [9.17, 15) is 12.8 Å². The van der Waals surface area contributed by atoms with Crippen LogP contribution in [0.25, 0.3) is 27.7 Å². The van der Waals surface area contributed by atoms with Gasteiger partial charge in [-0.3, -0.25) is 4.99 Å². The van der Waals surface area contributed by atoms with Gasteiger partial charge in [0, 0.05) is 47.7 Å². The Morgan fingerprint density at radius 3 is 2.44 bits per heavy atom. The van der Waals surface area contributed by atoms with E-state index in [-0.39, 0.29) is 16.6 Å². The van der Waals surface area contributed by atoms with Crippen molar-refractivity contribution >= 4 is 27.1 Å². The van der Waals surface area contributed by atoms with E-state index in [1.54, 1.807) is 12.1 Å². The fraction of sp³-hybridized carbons (Fsp3) is 0.250. The van der Waals surface area contributed by atoms with E-state index < -0.39 is 10.0 Å². The zero-order chi connectivity index (χ0) is 24.9. The SMILES string of the molecule is CNS(=O)(=O)c1ccc(-c2c(C3CCOCC3)n(-c3ccc(F)cc3)c3cc4c(cc23)CN=C4)cc1. The largest absolute Gasteiger partial charge is 0.381 e. The van der Waals surface area contributed by atoms with Gasteiger partial charge < -0.3 is 9.30 Å². The molecule has 8 heteroatoms. The first-order valence-corrected chi connectivity index (χ1v) is 13.5. The van der Waals surface area contributed by atoms with Crippen molar-refractivity contribution in [1.82, 2.24) is 9.29 Å². The Morgan fingerprint density at radius 2 is 1.75 bits per heavy atom. The summed E-state index contributed by atoms with van der Waals surface area (Å²) < 4.78 is 48.9.